The second-order valence-electron chi connectivity index (χ2n) is 10.6. The molecule has 2 aromatic rings. The van der Waals surface area contributed by atoms with Gasteiger partial charge < -0.3 is 15.5 Å². The summed E-state index contributed by atoms with van der Waals surface area (Å²) in [6, 6.07) is 11.4. The van der Waals surface area contributed by atoms with E-state index in [4.69, 9.17) is 9.97 Å². The molecule has 2 N–H and O–H groups in total. The average molecular weight is 464 g/mol. The van der Waals surface area contributed by atoms with Crippen molar-refractivity contribution in [1.82, 2.24) is 15.3 Å². The molecule has 5 heteroatoms. The maximum Gasteiger partial charge on any atom is 0.225 e. The van der Waals surface area contributed by atoms with Crippen LogP contribution in [0, 0.1) is 5.92 Å². The summed E-state index contributed by atoms with van der Waals surface area (Å²) >= 11 is 0. The van der Waals surface area contributed by atoms with Crippen LogP contribution in [0.3, 0.4) is 0 Å². The van der Waals surface area contributed by atoms with E-state index in [0.29, 0.717) is 6.04 Å². The lowest BCUT2D eigenvalue weighted by Gasteiger charge is -2.30. The molecule has 2 aliphatic carbocycles. The molecule has 1 aromatic carbocycles. The zero-order valence-corrected chi connectivity index (χ0v) is 21.5. The molecule has 1 fully saturated rings. The fourth-order valence-corrected chi connectivity index (χ4v) is 5.59. The molecule has 0 aliphatic heterocycles. The van der Waals surface area contributed by atoms with Gasteiger partial charge in [-0.15, -0.1) is 0 Å². The van der Waals surface area contributed by atoms with E-state index in [2.05, 4.69) is 60.0 Å². The van der Waals surface area contributed by atoms with Crippen molar-refractivity contribution in [2.45, 2.75) is 89.5 Å². The van der Waals surface area contributed by atoms with Gasteiger partial charge in [0.15, 0.2) is 0 Å². The highest BCUT2D eigenvalue weighted by molar-refractivity contribution is 5.52. The van der Waals surface area contributed by atoms with Gasteiger partial charge in [-0.25, -0.2) is 4.98 Å². The Morgan fingerprint density at radius 2 is 1.65 bits per heavy atom. The summed E-state index contributed by atoms with van der Waals surface area (Å²) in [5.41, 5.74) is 4.11. The fraction of sp³-hybridized carbons (Fsp3) is 0.655. The Bertz CT molecular complexity index is 858. The molecule has 186 valence electrons. The van der Waals surface area contributed by atoms with Crippen LogP contribution in [0.5, 0.6) is 0 Å². The standard InChI is InChI=1S/C29H45N5/c1-34(2)28-26-15-9-10-16-27(26)32-29(33-28)31-25-19-17-24(18-20-25)22-30-21-11-4-3-6-12-23-13-7-5-8-14-23/h5,7-8,13-14,24-25,30H,3-4,6,9-12,15-22H2,1-2H3,(H,31,32,33)/t24-,25+. The number of nitrogens with zero attached hydrogens (tertiary/aromatic N) is 3. The Balaban J connectivity index is 1.09. The van der Waals surface area contributed by atoms with Crippen LogP contribution in [0.15, 0.2) is 30.3 Å². The van der Waals surface area contributed by atoms with Gasteiger partial charge in [0, 0.05) is 25.7 Å². The number of aryl methyl sites for hydroxylation is 2. The van der Waals surface area contributed by atoms with E-state index in [1.54, 1.807) is 0 Å². The number of hydrogen-bond donors (Lipinski definition) is 2. The van der Waals surface area contributed by atoms with Gasteiger partial charge in [0.05, 0.1) is 5.69 Å². The number of anilines is 2. The highest BCUT2D eigenvalue weighted by atomic mass is 15.2. The smallest absolute Gasteiger partial charge is 0.225 e. The summed E-state index contributed by atoms with van der Waals surface area (Å²) in [6.45, 7) is 2.34. The Kier molecular flexibility index (Phi) is 9.61. The van der Waals surface area contributed by atoms with Gasteiger partial charge in [-0.05, 0) is 95.2 Å². The van der Waals surface area contributed by atoms with Gasteiger partial charge in [-0.3, -0.25) is 0 Å². The highest BCUT2D eigenvalue weighted by Gasteiger charge is 2.23. The quantitative estimate of drug-likeness (QED) is 0.391. The molecule has 1 saturated carbocycles. The van der Waals surface area contributed by atoms with Gasteiger partial charge >= 0.3 is 0 Å². The van der Waals surface area contributed by atoms with Crippen LogP contribution in [0.4, 0.5) is 11.8 Å². The van der Waals surface area contributed by atoms with E-state index in [0.717, 1.165) is 30.5 Å². The first kappa shape index (κ1) is 25.0. The van der Waals surface area contributed by atoms with Crippen LogP contribution in [0.2, 0.25) is 0 Å². The van der Waals surface area contributed by atoms with Crippen LogP contribution in [-0.4, -0.2) is 43.2 Å². The maximum atomic E-state index is 4.92. The molecule has 0 unspecified atom stereocenters. The maximum absolute atomic E-state index is 4.92. The summed E-state index contributed by atoms with van der Waals surface area (Å²) < 4.78 is 0. The minimum atomic E-state index is 0.512. The molecular formula is C29H45N5. The number of hydrogen-bond acceptors (Lipinski definition) is 5. The lowest BCUT2D eigenvalue weighted by molar-refractivity contribution is 0.323. The normalized spacial score (nSPS) is 20.1. The number of nitrogens with one attached hydrogen (secondary N) is 2. The Morgan fingerprint density at radius 3 is 2.44 bits per heavy atom. The molecule has 0 spiro atoms. The third-order valence-electron chi connectivity index (χ3n) is 7.61. The topological polar surface area (TPSA) is 53.1 Å². The zero-order valence-electron chi connectivity index (χ0n) is 21.5. The van der Waals surface area contributed by atoms with Crippen molar-refractivity contribution in [2.24, 2.45) is 5.92 Å². The van der Waals surface area contributed by atoms with Crippen molar-refractivity contribution in [3.8, 4) is 0 Å². The summed E-state index contributed by atoms with van der Waals surface area (Å²) in [6.07, 6.45) is 16.3. The summed E-state index contributed by atoms with van der Waals surface area (Å²) in [7, 11) is 4.20. The van der Waals surface area contributed by atoms with E-state index in [1.165, 1.54) is 101 Å². The molecule has 0 bridgehead atoms. The molecule has 1 aromatic heterocycles. The van der Waals surface area contributed by atoms with Crippen LogP contribution in [0.1, 0.15) is 81.0 Å². The van der Waals surface area contributed by atoms with Gasteiger partial charge in [0.25, 0.3) is 0 Å². The summed E-state index contributed by atoms with van der Waals surface area (Å²) in [5.74, 6) is 2.78. The minimum absolute atomic E-state index is 0.512. The Morgan fingerprint density at radius 1 is 0.882 bits per heavy atom. The monoisotopic (exact) mass is 463 g/mol. The van der Waals surface area contributed by atoms with Gasteiger partial charge in [-0.2, -0.15) is 4.98 Å². The van der Waals surface area contributed by atoms with Gasteiger partial charge in [0.1, 0.15) is 5.82 Å². The highest BCUT2D eigenvalue weighted by Crippen LogP contribution is 2.30. The fourth-order valence-electron chi connectivity index (χ4n) is 5.59. The first-order valence-corrected chi connectivity index (χ1v) is 13.8. The molecular weight excluding hydrogens is 418 g/mol. The second kappa shape index (κ2) is 13.1. The molecule has 34 heavy (non-hydrogen) atoms. The van der Waals surface area contributed by atoms with E-state index in [1.807, 2.05) is 0 Å². The molecule has 0 saturated heterocycles. The third kappa shape index (κ3) is 7.43. The molecule has 2 aliphatic rings. The largest absolute Gasteiger partial charge is 0.362 e. The van der Waals surface area contributed by atoms with Crippen molar-refractivity contribution in [3.63, 3.8) is 0 Å². The van der Waals surface area contributed by atoms with Crippen molar-refractivity contribution in [2.75, 3.05) is 37.4 Å². The number of aromatic nitrogens is 2. The second-order valence-corrected chi connectivity index (χ2v) is 10.6. The van der Waals surface area contributed by atoms with E-state index in [9.17, 15) is 0 Å². The number of rotatable bonds is 12. The average Bonchev–Trinajstić information content (AvgIpc) is 2.86. The molecule has 1 heterocycles. The molecule has 5 nitrogen and oxygen atoms in total. The van der Waals surface area contributed by atoms with Gasteiger partial charge in [0.2, 0.25) is 5.95 Å². The van der Waals surface area contributed by atoms with Crippen LogP contribution in [-0.2, 0) is 19.3 Å². The minimum Gasteiger partial charge on any atom is -0.362 e. The molecule has 4 rings (SSSR count). The van der Waals surface area contributed by atoms with Crippen molar-refractivity contribution in [3.05, 3.63) is 47.2 Å². The van der Waals surface area contributed by atoms with Crippen molar-refractivity contribution < 1.29 is 0 Å². The van der Waals surface area contributed by atoms with Crippen molar-refractivity contribution >= 4 is 11.8 Å². The number of fused-ring (bicyclic) bond motifs is 1. The lowest BCUT2D eigenvalue weighted by atomic mass is 9.86. The summed E-state index contributed by atoms with van der Waals surface area (Å²) in [5, 5.41) is 7.42. The lowest BCUT2D eigenvalue weighted by Crippen LogP contribution is -2.32. The Labute approximate surface area is 207 Å². The van der Waals surface area contributed by atoms with Crippen LogP contribution >= 0.6 is 0 Å². The third-order valence-corrected chi connectivity index (χ3v) is 7.61. The van der Waals surface area contributed by atoms with Gasteiger partial charge in [-0.1, -0.05) is 43.2 Å². The number of benzene rings is 1. The zero-order chi connectivity index (χ0) is 23.6. The van der Waals surface area contributed by atoms with E-state index < -0.39 is 0 Å². The predicted molar refractivity (Wildman–Crippen MR) is 144 cm³/mol. The first-order chi connectivity index (χ1) is 16.7. The van der Waals surface area contributed by atoms with Crippen LogP contribution in [0.25, 0.3) is 0 Å². The Hall–Kier alpha value is -2.14. The van der Waals surface area contributed by atoms with E-state index >= 15 is 0 Å². The first-order valence-electron chi connectivity index (χ1n) is 13.8. The number of unbranched alkanes of at least 4 members (excludes halogenated alkanes) is 3. The molecule has 0 radical (unpaired) electrons. The SMILES string of the molecule is CN(C)c1nc(N[C@H]2CC[C@@H](CNCCCCCCc3ccccc3)CC2)nc2c1CCCC2. The molecule has 0 amide bonds. The van der Waals surface area contributed by atoms with Crippen molar-refractivity contribution in [1.29, 1.82) is 0 Å². The molecule has 0 atom stereocenters. The summed E-state index contributed by atoms with van der Waals surface area (Å²) in [4.78, 5) is 12.0. The van der Waals surface area contributed by atoms with E-state index in [-0.39, 0.29) is 0 Å². The van der Waals surface area contributed by atoms with Crippen LogP contribution < -0.4 is 15.5 Å². The predicted octanol–water partition coefficient (Wildman–Crippen LogP) is 5.78.